The maximum atomic E-state index is 12.3. The van der Waals surface area contributed by atoms with Gasteiger partial charge in [-0.05, 0) is 25.0 Å². The maximum absolute atomic E-state index is 12.3. The summed E-state index contributed by atoms with van der Waals surface area (Å²) in [5.41, 5.74) is 0.855. The van der Waals surface area contributed by atoms with Crippen LogP contribution in [-0.4, -0.2) is 35.5 Å². The minimum absolute atomic E-state index is 0.0535. The van der Waals surface area contributed by atoms with E-state index in [1.807, 2.05) is 30.3 Å². The van der Waals surface area contributed by atoms with E-state index in [0.717, 1.165) is 42.6 Å². The molecule has 0 unspecified atom stereocenters. The van der Waals surface area contributed by atoms with Crippen LogP contribution in [0.2, 0.25) is 0 Å². The monoisotopic (exact) mass is 332 g/mol. The zero-order valence-corrected chi connectivity index (χ0v) is 13.9. The topological polar surface area (TPSA) is 67.3 Å². The number of rotatable bonds is 5. The number of amides is 1. The second-order valence-corrected chi connectivity index (χ2v) is 6.27. The zero-order chi connectivity index (χ0) is 16.1. The van der Waals surface area contributed by atoms with E-state index in [9.17, 15) is 4.79 Å². The average molecular weight is 332 g/mol. The first-order chi connectivity index (χ1) is 11.3. The Morgan fingerprint density at radius 1 is 1.35 bits per heavy atom. The second-order valence-electron chi connectivity index (χ2n) is 5.54. The number of carbonyl (C=O) groups is 1. The predicted octanol–water partition coefficient (Wildman–Crippen LogP) is 2.54. The van der Waals surface area contributed by atoms with Crippen LogP contribution in [0.1, 0.15) is 18.7 Å². The number of ether oxygens (including phenoxy) is 1. The van der Waals surface area contributed by atoms with Crippen molar-refractivity contribution in [1.82, 2.24) is 9.36 Å². The van der Waals surface area contributed by atoms with Gasteiger partial charge in [-0.2, -0.15) is 4.37 Å². The Labute approximate surface area is 139 Å². The number of piperidine rings is 1. The van der Waals surface area contributed by atoms with Gasteiger partial charge in [0.05, 0.1) is 0 Å². The maximum Gasteiger partial charge on any atom is 0.227 e. The van der Waals surface area contributed by atoms with Crippen LogP contribution in [0, 0.1) is 5.92 Å². The van der Waals surface area contributed by atoms with Gasteiger partial charge in [0.25, 0.3) is 0 Å². The summed E-state index contributed by atoms with van der Waals surface area (Å²) in [5, 5.41) is 3.90. The number of aromatic nitrogens is 2. The molecule has 1 aromatic heterocycles. The molecule has 0 radical (unpaired) electrons. The van der Waals surface area contributed by atoms with Gasteiger partial charge in [0.1, 0.15) is 6.61 Å². The number of hydrogen-bond donors (Lipinski definition) is 1. The molecule has 1 aliphatic rings. The summed E-state index contributed by atoms with van der Waals surface area (Å²) >= 11 is 1.39. The fourth-order valence-electron chi connectivity index (χ4n) is 2.66. The lowest BCUT2D eigenvalue weighted by molar-refractivity contribution is -0.120. The highest BCUT2D eigenvalue weighted by molar-refractivity contribution is 7.09. The van der Waals surface area contributed by atoms with Crippen molar-refractivity contribution in [1.29, 1.82) is 0 Å². The highest BCUT2D eigenvalue weighted by Crippen LogP contribution is 2.25. The van der Waals surface area contributed by atoms with Crippen molar-refractivity contribution in [3.8, 4) is 0 Å². The first-order valence-corrected chi connectivity index (χ1v) is 8.46. The molecule has 1 saturated heterocycles. The smallest absolute Gasteiger partial charge is 0.227 e. The normalized spacial score (nSPS) is 15.6. The minimum atomic E-state index is 0.0535. The van der Waals surface area contributed by atoms with Gasteiger partial charge in [-0.3, -0.25) is 4.79 Å². The van der Waals surface area contributed by atoms with Crippen LogP contribution < -0.4 is 10.2 Å². The highest BCUT2D eigenvalue weighted by Gasteiger charge is 2.26. The van der Waals surface area contributed by atoms with Crippen molar-refractivity contribution in [3.05, 3.63) is 36.2 Å². The molecule has 3 rings (SSSR count). The Morgan fingerprint density at radius 3 is 2.78 bits per heavy atom. The van der Waals surface area contributed by atoms with Gasteiger partial charge >= 0.3 is 0 Å². The fourth-order valence-corrected chi connectivity index (χ4v) is 3.38. The summed E-state index contributed by atoms with van der Waals surface area (Å²) in [6.07, 6.45) is 1.66. The zero-order valence-electron chi connectivity index (χ0n) is 13.1. The van der Waals surface area contributed by atoms with E-state index in [4.69, 9.17) is 4.74 Å². The minimum Gasteiger partial charge on any atom is -0.377 e. The lowest BCUT2D eigenvalue weighted by atomic mass is 9.96. The Kier molecular flexibility index (Phi) is 5.19. The number of nitrogens with zero attached hydrogens (tertiary/aromatic N) is 3. The predicted molar refractivity (Wildman–Crippen MR) is 90.6 cm³/mol. The van der Waals surface area contributed by atoms with Crippen LogP contribution >= 0.6 is 11.5 Å². The SMILES string of the molecule is COCc1nsc(N2CCC(C(=O)Nc3ccccc3)CC2)n1. The molecule has 1 aliphatic heterocycles. The summed E-state index contributed by atoms with van der Waals surface area (Å²) in [7, 11) is 1.64. The molecule has 2 aromatic rings. The van der Waals surface area contributed by atoms with E-state index in [-0.39, 0.29) is 11.8 Å². The van der Waals surface area contributed by atoms with Crippen LogP contribution in [0.5, 0.6) is 0 Å². The van der Waals surface area contributed by atoms with Crippen LogP contribution in [0.4, 0.5) is 10.8 Å². The number of carbonyl (C=O) groups excluding carboxylic acids is 1. The van der Waals surface area contributed by atoms with Gasteiger partial charge in [0, 0.05) is 43.3 Å². The van der Waals surface area contributed by atoms with E-state index in [2.05, 4.69) is 19.6 Å². The third kappa shape index (κ3) is 4.05. The van der Waals surface area contributed by atoms with Gasteiger partial charge < -0.3 is 15.0 Å². The molecule has 0 bridgehead atoms. The van der Waals surface area contributed by atoms with Crippen LogP contribution in [-0.2, 0) is 16.1 Å². The quantitative estimate of drug-likeness (QED) is 0.911. The van der Waals surface area contributed by atoms with E-state index in [0.29, 0.717) is 6.61 Å². The molecular weight excluding hydrogens is 312 g/mol. The van der Waals surface area contributed by atoms with Crippen molar-refractivity contribution in [2.24, 2.45) is 5.92 Å². The summed E-state index contributed by atoms with van der Waals surface area (Å²) in [6, 6.07) is 9.60. The van der Waals surface area contributed by atoms with Crippen LogP contribution in [0.25, 0.3) is 0 Å². The van der Waals surface area contributed by atoms with Gasteiger partial charge in [-0.25, -0.2) is 4.98 Å². The van der Waals surface area contributed by atoms with E-state index < -0.39 is 0 Å². The van der Waals surface area contributed by atoms with E-state index in [1.54, 1.807) is 7.11 Å². The van der Waals surface area contributed by atoms with E-state index in [1.165, 1.54) is 11.5 Å². The van der Waals surface area contributed by atoms with Crippen molar-refractivity contribution < 1.29 is 9.53 Å². The standard InChI is InChI=1S/C16H20N4O2S/c1-22-11-14-18-16(23-19-14)20-9-7-12(8-10-20)15(21)17-13-5-3-2-4-6-13/h2-6,12H,7-11H2,1H3,(H,17,21). The van der Waals surface area contributed by atoms with Crippen molar-refractivity contribution in [2.45, 2.75) is 19.4 Å². The molecule has 1 aromatic carbocycles. The lowest BCUT2D eigenvalue weighted by Gasteiger charge is -2.30. The van der Waals surface area contributed by atoms with Crippen LogP contribution in [0.15, 0.2) is 30.3 Å². The fraction of sp³-hybridized carbons (Fsp3) is 0.438. The summed E-state index contributed by atoms with van der Waals surface area (Å²) in [4.78, 5) is 19.0. The first kappa shape index (κ1) is 15.9. The molecule has 0 saturated carbocycles. The van der Waals surface area contributed by atoms with Gasteiger partial charge in [-0.1, -0.05) is 18.2 Å². The molecule has 0 spiro atoms. The molecule has 0 atom stereocenters. The number of para-hydroxylation sites is 1. The molecule has 1 amide bonds. The van der Waals surface area contributed by atoms with Gasteiger partial charge in [0.15, 0.2) is 5.82 Å². The highest BCUT2D eigenvalue weighted by atomic mass is 32.1. The summed E-state index contributed by atoms with van der Waals surface area (Å²) < 4.78 is 9.32. The Morgan fingerprint density at radius 2 is 2.09 bits per heavy atom. The molecule has 122 valence electrons. The molecule has 2 heterocycles. The van der Waals surface area contributed by atoms with Crippen molar-refractivity contribution >= 4 is 28.3 Å². The number of methoxy groups -OCH3 is 1. The third-order valence-corrected chi connectivity index (χ3v) is 4.72. The van der Waals surface area contributed by atoms with Crippen molar-refractivity contribution in [2.75, 3.05) is 30.4 Å². The third-order valence-electron chi connectivity index (χ3n) is 3.91. The largest absolute Gasteiger partial charge is 0.377 e. The second kappa shape index (κ2) is 7.52. The molecule has 1 fully saturated rings. The molecular formula is C16H20N4O2S. The summed E-state index contributed by atoms with van der Waals surface area (Å²) in [6.45, 7) is 2.09. The Balaban J connectivity index is 1.52. The number of anilines is 2. The summed E-state index contributed by atoms with van der Waals surface area (Å²) in [5.74, 6) is 0.877. The van der Waals surface area contributed by atoms with E-state index >= 15 is 0 Å². The van der Waals surface area contributed by atoms with Crippen molar-refractivity contribution in [3.63, 3.8) is 0 Å². The molecule has 7 heteroatoms. The molecule has 0 aliphatic carbocycles. The number of benzene rings is 1. The lowest BCUT2D eigenvalue weighted by Crippen LogP contribution is -2.38. The Bertz CT molecular complexity index is 639. The van der Waals surface area contributed by atoms with Gasteiger partial charge in [-0.15, -0.1) is 0 Å². The molecule has 23 heavy (non-hydrogen) atoms. The molecule has 1 N–H and O–H groups in total. The van der Waals surface area contributed by atoms with Crippen LogP contribution in [0.3, 0.4) is 0 Å². The number of hydrogen-bond acceptors (Lipinski definition) is 6. The Hall–Kier alpha value is -1.99. The first-order valence-electron chi connectivity index (χ1n) is 7.68. The van der Waals surface area contributed by atoms with Gasteiger partial charge in [0.2, 0.25) is 11.0 Å². The average Bonchev–Trinajstić information content (AvgIpc) is 3.05. The number of nitrogens with one attached hydrogen (secondary N) is 1. The molecule has 6 nitrogen and oxygen atoms in total.